The van der Waals surface area contributed by atoms with Gasteiger partial charge >= 0.3 is 5.97 Å². The second-order valence-electron chi connectivity index (χ2n) is 2.73. The fourth-order valence-corrected chi connectivity index (χ4v) is 0.634. The molecule has 0 amide bonds. The lowest BCUT2D eigenvalue weighted by Crippen LogP contribution is -2.17. The minimum absolute atomic E-state index is 0.308. The third-order valence-corrected chi connectivity index (χ3v) is 1.09. The molecule has 0 bridgehead atoms. The highest BCUT2D eigenvalue weighted by molar-refractivity contribution is 5.81. The lowest BCUT2D eigenvalue weighted by atomic mass is 10.1. The second kappa shape index (κ2) is 4.91. The number of rotatable bonds is 4. The summed E-state index contributed by atoms with van der Waals surface area (Å²) in [6.45, 7) is 7.08. The van der Waals surface area contributed by atoms with E-state index in [2.05, 4.69) is 11.3 Å². The van der Waals surface area contributed by atoms with Crippen molar-refractivity contribution in [1.29, 1.82) is 0 Å². The van der Waals surface area contributed by atoms with Crippen LogP contribution in [0.15, 0.2) is 12.7 Å². The van der Waals surface area contributed by atoms with Crippen LogP contribution in [0.5, 0.6) is 0 Å². The van der Waals surface area contributed by atoms with E-state index in [1.807, 2.05) is 13.8 Å². The fraction of sp³-hybridized carbons (Fsp3) is 0.625. The molecule has 11 heavy (non-hydrogen) atoms. The Bertz CT molecular complexity index is 140. The van der Waals surface area contributed by atoms with Gasteiger partial charge in [0.05, 0.1) is 0 Å². The van der Waals surface area contributed by atoms with Crippen molar-refractivity contribution in [1.82, 2.24) is 0 Å². The van der Waals surface area contributed by atoms with Crippen molar-refractivity contribution in [3.63, 3.8) is 0 Å². The summed E-state index contributed by atoms with van der Waals surface area (Å²) in [6.07, 6.45) is 0.490. The van der Waals surface area contributed by atoms with Gasteiger partial charge in [-0.05, 0) is 5.92 Å². The molecular weight excluding hydrogens is 144 g/mol. The van der Waals surface area contributed by atoms with Crippen LogP contribution in [0.2, 0.25) is 0 Å². The zero-order valence-electron chi connectivity index (χ0n) is 6.91. The molecule has 0 heterocycles. The van der Waals surface area contributed by atoms with Crippen molar-refractivity contribution >= 4 is 5.97 Å². The summed E-state index contributed by atoms with van der Waals surface area (Å²) in [7, 11) is 0. The van der Waals surface area contributed by atoms with Gasteiger partial charge in [-0.25, -0.2) is 4.79 Å². The second-order valence-corrected chi connectivity index (χ2v) is 2.73. The predicted octanol–water partition coefficient (Wildman–Crippen LogP) is 1.08. The summed E-state index contributed by atoms with van der Waals surface area (Å²) in [6, 6.07) is 0. The highest BCUT2D eigenvalue weighted by atomic mass is 16.6. The van der Waals surface area contributed by atoms with Crippen molar-refractivity contribution in [3.8, 4) is 0 Å². The van der Waals surface area contributed by atoms with Crippen LogP contribution < -0.4 is 0 Å². The van der Waals surface area contributed by atoms with Crippen molar-refractivity contribution in [2.45, 2.75) is 26.6 Å². The van der Waals surface area contributed by atoms with Gasteiger partial charge in [-0.1, -0.05) is 20.4 Å². The maximum Gasteiger partial charge on any atom is 0.332 e. The average molecular weight is 158 g/mol. The van der Waals surface area contributed by atoms with E-state index in [-0.39, 0.29) is 0 Å². The van der Waals surface area contributed by atoms with Gasteiger partial charge in [0.2, 0.25) is 6.29 Å². The third-order valence-electron chi connectivity index (χ3n) is 1.09. The van der Waals surface area contributed by atoms with Gasteiger partial charge in [0.25, 0.3) is 0 Å². The first kappa shape index (κ1) is 10.2. The molecule has 0 aliphatic heterocycles. The molecule has 3 nitrogen and oxygen atoms in total. The highest BCUT2D eigenvalue weighted by Gasteiger charge is 2.09. The summed E-state index contributed by atoms with van der Waals surface area (Å²) in [5, 5.41) is 9.03. The van der Waals surface area contributed by atoms with Crippen LogP contribution in [0.4, 0.5) is 0 Å². The standard InChI is InChI=1S/C8H14O3/c1-4-7(9)11-8(10)5-6(2)3/h4,6,8,10H,1,5H2,2-3H3. The lowest BCUT2D eigenvalue weighted by Gasteiger charge is -2.11. The highest BCUT2D eigenvalue weighted by Crippen LogP contribution is 2.05. The van der Waals surface area contributed by atoms with Crippen molar-refractivity contribution in [2.24, 2.45) is 5.92 Å². The van der Waals surface area contributed by atoms with E-state index in [4.69, 9.17) is 5.11 Å². The molecule has 0 saturated carbocycles. The molecule has 0 aromatic rings. The Morgan fingerprint density at radius 1 is 1.73 bits per heavy atom. The molecule has 0 aliphatic rings. The molecule has 3 heteroatoms. The van der Waals surface area contributed by atoms with Gasteiger partial charge in [0, 0.05) is 12.5 Å². The Kier molecular flexibility index (Phi) is 4.54. The van der Waals surface area contributed by atoms with Crippen LogP contribution in [0.25, 0.3) is 0 Å². The monoisotopic (exact) mass is 158 g/mol. The third kappa shape index (κ3) is 5.61. The fourth-order valence-electron chi connectivity index (χ4n) is 0.634. The number of esters is 1. The zero-order valence-corrected chi connectivity index (χ0v) is 6.91. The Morgan fingerprint density at radius 2 is 2.27 bits per heavy atom. The van der Waals surface area contributed by atoms with Gasteiger partial charge in [0.1, 0.15) is 0 Å². The first-order valence-electron chi connectivity index (χ1n) is 3.57. The van der Waals surface area contributed by atoms with Crippen LogP contribution >= 0.6 is 0 Å². The number of aliphatic hydroxyl groups excluding tert-OH is 1. The van der Waals surface area contributed by atoms with E-state index < -0.39 is 12.3 Å². The van der Waals surface area contributed by atoms with Crippen molar-refractivity contribution < 1.29 is 14.6 Å². The zero-order chi connectivity index (χ0) is 8.85. The van der Waals surface area contributed by atoms with E-state index in [1.165, 1.54) is 0 Å². The Hall–Kier alpha value is -0.830. The van der Waals surface area contributed by atoms with Crippen molar-refractivity contribution in [2.75, 3.05) is 0 Å². The maximum absolute atomic E-state index is 10.5. The number of hydrogen-bond acceptors (Lipinski definition) is 3. The molecule has 1 N–H and O–H groups in total. The summed E-state index contributed by atoms with van der Waals surface area (Å²) in [4.78, 5) is 10.5. The summed E-state index contributed by atoms with van der Waals surface area (Å²) < 4.78 is 4.51. The quantitative estimate of drug-likeness (QED) is 0.378. The van der Waals surface area contributed by atoms with Gasteiger partial charge in [-0.2, -0.15) is 0 Å². The van der Waals surface area contributed by atoms with Gasteiger partial charge in [-0.3, -0.25) is 0 Å². The molecule has 1 atom stereocenters. The molecule has 0 radical (unpaired) electrons. The van der Waals surface area contributed by atoms with Crippen molar-refractivity contribution in [3.05, 3.63) is 12.7 Å². The van der Waals surface area contributed by atoms with E-state index in [0.29, 0.717) is 12.3 Å². The molecule has 0 saturated heterocycles. The first-order valence-corrected chi connectivity index (χ1v) is 3.57. The summed E-state index contributed by atoms with van der Waals surface area (Å²) >= 11 is 0. The van der Waals surface area contributed by atoms with Crippen LogP contribution in [0.1, 0.15) is 20.3 Å². The smallest absolute Gasteiger partial charge is 0.332 e. The molecular formula is C8H14O3. The molecule has 1 unspecified atom stereocenters. The molecule has 0 aliphatic carbocycles. The molecule has 0 aromatic heterocycles. The minimum atomic E-state index is -1.000. The summed E-state index contributed by atoms with van der Waals surface area (Å²) in [5.74, 6) is -0.277. The van der Waals surface area contributed by atoms with E-state index >= 15 is 0 Å². The van der Waals surface area contributed by atoms with Gasteiger partial charge < -0.3 is 9.84 Å². The van der Waals surface area contributed by atoms with Gasteiger partial charge in [0.15, 0.2) is 0 Å². The Morgan fingerprint density at radius 3 is 2.64 bits per heavy atom. The molecule has 0 spiro atoms. The summed E-state index contributed by atoms with van der Waals surface area (Å²) in [5.41, 5.74) is 0. The number of aliphatic hydroxyl groups is 1. The average Bonchev–Trinajstić information content (AvgIpc) is 1.85. The molecule has 64 valence electrons. The SMILES string of the molecule is C=CC(=O)OC(O)CC(C)C. The van der Waals surface area contributed by atoms with Gasteiger partial charge in [-0.15, -0.1) is 0 Å². The molecule has 0 aromatic carbocycles. The molecule has 0 rings (SSSR count). The number of carbonyl (C=O) groups excluding carboxylic acids is 1. The predicted molar refractivity (Wildman–Crippen MR) is 41.8 cm³/mol. The van der Waals surface area contributed by atoms with Crippen LogP contribution in [0.3, 0.4) is 0 Å². The van der Waals surface area contributed by atoms with Crippen LogP contribution in [-0.4, -0.2) is 17.4 Å². The number of hydrogen-bond donors (Lipinski definition) is 1. The minimum Gasteiger partial charge on any atom is -0.433 e. The van der Waals surface area contributed by atoms with E-state index in [9.17, 15) is 4.79 Å². The Labute approximate surface area is 66.7 Å². The van der Waals surface area contributed by atoms with Crippen LogP contribution in [0, 0.1) is 5.92 Å². The molecule has 0 fully saturated rings. The van der Waals surface area contributed by atoms with E-state index in [0.717, 1.165) is 6.08 Å². The topological polar surface area (TPSA) is 46.5 Å². The largest absolute Gasteiger partial charge is 0.433 e. The number of ether oxygens (including phenoxy) is 1. The lowest BCUT2D eigenvalue weighted by molar-refractivity contribution is -0.163. The Balaban J connectivity index is 3.59. The number of carbonyl (C=O) groups is 1. The van der Waals surface area contributed by atoms with Crippen LogP contribution in [-0.2, 0) is 9.53 Å². The first-order chi connectivity index (χ1) is 5.06. The maximum atomic E-state index is 10.5. The van der Waals surface area contributed by atoms with E-state index in [1.54, 1.807) is 0 Å². The normalized spacial score (nSPS) is 12.7.